The van der Waals surface area contributed by atoms with Crippen molar-refractivity contribution in [1.82, 2.24) is 14.4 Å². The van der Waals surface area contributed by atoms with E-state index in [1.165, 1.54) is 12.1 Å². The first-order valence-corrected chi connectivity index (χ1v) is 14.0. The van der Waals surface area contributed by atoms with Crippen molar-refractivity contribution in [2.75, 3.05) is 33.7 Å². The summed E-state index contributed by atoms with van der Waals surface area (Å²) in [6, 6.07) is 13.2. The molecule has 5 rings (SSSR count). The molecular formula is C32H38F3N3O2. The number of rotatable bonds is 8. The third-order valence-electron chi connectivity index (χ3n) is 8.68. The second-order valence-corrected chi connectivity index (χ2v) is 11.8. The van der Waals surface area contributed by atoms with Gasteiger partial charge in [0.1, 0.15) is 6.10 Å². The van der Waals surface area contributed by atoms with Crippen molar-refractivity contribution in [3.63, 3.8) is 0 Å². The fourth-order valence-electron chi connectivity index (χ4n) is 6.06. The highest BCUT2D eigenvalue weighted by molar-refractivity contribution is 5.98. The normalized spacial score (nSPS) is 23.4. The summed E-state index contributed by atoms with van der Waals surface area (Å²) >= 11 is 0. The minimum absolute atomic E-state index is 0.0111. The lowest BCUT2D eigenvalue weighted by Gasteiger charge is -2.40. The van der Waals surface area contributed by atoms with Gasteiger partial charge in [-0.3, -0.25) is 4.79 Å². The molecule has 1 fully saturated rings. The third kappa shape index (κ3) is 5.98. The Morgan fingerprint density at radius 3 is 2.40 bits per heavy atom. The Bertz CT molecular complexity index is 1400. The van der Waals surface area contributed by atoms with E-state index in [0.29, 0.717) is 30.6 Å². The van der Waals surface area contributed by atoms with Crippen LogP contribution in [0.15, 0.2) is 66.6 Å². The maximum Gasteiger partial charge on any atom is 0.416 e. The van der Waals surface area contributed by atoms with Crippen molar-refractivity contribution in [2.45, 2.75) is 45.5 Å². The molecule has 0 radical (unpaired) electrons. The van der Waals surface area contributed by atoms with Gasteiger partial charge in [-0.15, -0.1) is 0 Å². The van der Waals surface area contributed by atoms with Crippen LogP contribution in [0.2, 0.25) is 0 Å². The van der Waals surface area contributed by atoms with Crippen LogP contribution in [0.4, 0.5) is 13.2 Å². The first-order valence-electron chi connectivity index (χ1n) is 14.0. The topological polar surface area (TPSA) is 37.7 Å². The number of carbonyl (C=O) groups is 1. The maximum atomic E-state index is 13.3. The Labute approximate surface area is 234 Å². The number of para-hydroxylation sites is 1. The standard InChI is InChI=1S/C32H38F3N3O2/c1-21-14-28-30(15-22(21)2)40-20-24(31(28)39)18-37(4)13-12-36(3)17-23-19-38(29-11-6-5-10-27(23)29)26-9-7-8-25(16-26)32(33,34)35/h5-11,16,19-22,28,30H,12-15,17-18H2,1-4H3. The average molecular weight is 554 g/mol. The lowest BCUT2D eigenvalue weighted by Crippen LogP contribution is -2.43. The Morgan fingerprint density at radius 1 is 0.950 bits per heavy atom. The van der Waals surface area contributed by atoms with Crippen LogP contribution in [-0.4, -0.2) is 60.0 Å². The molecule has 0 saturated heterocycles. The first-order chi connectivity index (χ1) is 19.0. The number of fused-ring (bicyclic) bond motifs is 2. The van der Waals surface area contributed by atoms with E-state index in [4.69, 9.17) is 4.74 Å². The fraction of sp³-hybridized carbons (Fsp3) is 0.469. The molecule has 0 bridgehead atoms. The smallest absolute Gasteiger partial charge is 0.416 e. The second-order valence-electron chi connectivity index (χ2n) is 11.8. The molecule has 1 aliphatic heterocycles. The SMILES string of the molecule is CC1CC2OC=C(CN(C)CCN(C)Cc3cn(-c4cccc(C(F)(F)F)c4)c4ccccc34)C(=O)C2CC1C. The molecule has 0 spiro atoms. The lowest BCUT2D eigenvalue weighted by atomic mass is 9.71. The molecule has 0 N–H and O–H groups in total. The van der Waals surface area contributed by atoms with Crippen LogP contribution < -0.4 is 0 Å². The molecule has 4 unspecified atom stereocenters. The molecule has 2 aromatic carbocycles. The van der Waals surface area contributed by atoms with Gasteiger partial charge in [0, 0.05) is 49.0 Å². The van der Waals surface area contributed by atoms with E-state index < -0.39 is 11.7 Å². The zero-order valence-corrected chi connectivity index (χ0v) is 23.6. The van der Waals surface area contributed by atoms with Gasteiger partial charge in [-0.1, -0.05) is 38.1 Å². The number of Topliss-reactive ketones (excluding diaryl/α,β-unsaturated/α-hetero) is 1. The number of ketones is 1. The fourth-order valence-corrected chi connectivity index (χ4v) is 6.06. The minimum Gasteiger partial charge on any atom is -0.497 e. The van der Waals surface area contributed by atoms with Gasteiger partial charge in [0.2, 0.25) is 0 Å². The predicted octanol–water partition coefficient (Wildman–Crippen LogP) is 6.55. The largest absolute Gasteiger partial charge is 0.497 e. The van der Waals surface area contributed by atoms with Gasteiger partial charge in [-0.25, -0.2) is 0 Å². The molecular weight excluding hydrogens is 515 g/mol. The zero-order chi connectivity index (χ0) is 28.6. The summed E-state index contributed by atoms with van der Waals surface area (Å²) in [6.07, 6.45) is 1.07. The van der Waals surface area contributed by atoms with E-state index in [0.717, 1.165) is 54.0 Å². The van der Waals surface area contributed by atoms with Crippen LogP contribution in [0, 0.1) is 17.8 Å². The molecule has 1 aromatic heterocycles. The number of hydrogen-bond donors (Lipinski definition) is 0. The van der Waals surface area contributed by atoms with Crippen molar-refractivity contribution in [2.24, 2.45) is 17.8 Å². The van der Waals surface area contributed by atoms with E-state index in [-0.39, 0.29) is 17.8 Å². The zero-order valence-electron chi connectivity index (χ0n) is 23.6. The van der Waals surface area contributed by atoms with Crippen molar-refractivity contribution >= 4 is 16.7 Å². The van der Waals surface area contributed by atoms with Crippen molar-refractivity contribution in [1.29, 1.82) is 0 Å². The van der Waals surface area contributed by atoms with Crippen LogP contribution in [0.25, 0.3) is 16.6 Å². The number of alkyl halides is 3. The molecule has 2 heterocycles. The number of likely N-dealkylation sites (N-methyl/N-ethyl adjacent to an activating group) is 2. The summed E-state index contributed by atoms with van der Waals surface area (Å²) in [6.45, 7) is 7.18. The Morgan fingerprint density at radius 2 is 1.65 bits per heavy atom. The van der Waals surface area contributed by atoms with Crippen molar-refractivity contribution in [3.05, 3.63) is 77.7 Å². The highest BCUT2D eigenvalue weighted by atomic mass is 19.4. The van der Waals surface area contributed by atoms with Crippen molar-refractivity contribution < 1.29 is 22.7 Å². The van der Waals surface area contributed by atoms with Gasteiger partial charge >= 0.3 is 6.18 Å². The van der Waals surface area contributed by atoms with E-state index in [9.17, 15) is 18.0 Å². The number of nitrogens with zero attached hydrogens (tertiary/aromatic N) is 3. The molecule has 3 aromatic rings. The lowest BCUT2D eigenvalue weighted by molar-refractivity contribution is -0.137. The summed E-state index contributed by atoms with van der Waals surface area (Å²) in [5, 5.41) is 1.01. The van der Waals surface area contributed by atoms with E-state index in [2.05, 4.69) is 23.6 Å². The number of halogens is 3. The Kier molecular flexibility index (Phi) is 8.11. The summed E-state index contributed by atoms with van der Waals surface area (Å²) in [7, 11) is 4.05. The van der Waals surface area contributed by atoms with Gasteiger partial charge in [0.15, 0.2) is 5.78 Å². The van der Waals surface area contributed by atoms with Gasteiger partial charge in [0.05, 0.1) is 23.3 Å². The van der Waals surface area contributed by atoms with Gasteiger partial charge in [0.25, 0.3) is 0 Å². The van der Waals surface area contributed by atoms with Gasteiger partial charge in [-0.05, 0) is 68.6 Å². The molecule has 8 heteroatoms. The molecule has 1 aliphatic carbocycles. The Balaban J connectivity index is 1.23. The quantitative estimate of drug-likeness (QED) is 0.317. The monoisotopic (exact) mass is 553 g/mol. The number of carbonyl (C=O) groups excluding carboxylic acids is 1. The van der Waals surface area contributed by atoms with Crippen LogP contribution >= 0.6 is 0 Å². The predicted molar refractivity (Wildman–Crippen MR) is 151 cm³/mol. The minimum atomic E-state index is -4.40. The van der Waals surface area contributed by atoms with Crippen LogP contribution in [0.3, 0.4) is 0 Å². The summed E-state index contributed by atoms with van der Waals surface area (Å²) in [4.78, 5) is 17.5. The van der Waals surface area contributed by atoms with Gasteiger partial charge < -0.3 is 19.1 Å². The second kappa shape index (κ2) is 11.4. The maximum absolute atomic E-state index is 13.3. The third-order valence-corrected chi connectivity index (χ3v) is 8.68. The average Bonchev–Trinajstić information content (AvgIpc) is 3.28. The van der Waals surface area contributed by atoms with Gasteiger partial charge in [-0.2, -0.15) is 13.2 Å². The first kappa shape index (κ1) is 28.4. The van der Waals surface area contributed by atoms with E-state index >= 15 is 0 Å². The van der Waals surface area contributed by atoms with Crippen LogP contribution in [0.1, 0.15) is 37.8 Å². The highest BCUT2D eigenvalue weighted by Gasteiger charge is 2.41. The number of aromatic nitrogens is 1. The summed E-state index contributed by atoms with van der Waals surface area (Å²) in [5.41, 5.74) is 2.48. The molecule has 214 valence electrons. The number of hydrogen-bond acceptors (Lipinski definition) is 4. The molecule has 5 nitrogen and oxygen atoms in total. The highest BCUT2D eigenvalue weighted by Crippen LogP contribution is 2.39. The summed E-state index contributed by atoms with van der Waals surface area (Å²) < 4.78 is 47.9. The number of ether oxygens (including phenoxy) is 1. The van der Waals surface area contributed by atoms with Crippen molar-refractivity contribution in [3.8, 4) is 5.69 Å². The summed E-state index contributed by atoms with van der Waals surface area (Å²) in [5.74, 6) is 1.30. The molecule has 1 saturated carbocycles. The molecule has 4 atom stereocenters. The number of benzene rings is 2. The van der Waals surface area contributed by atoms with Crippen LogP contribution in [-0.2, 0) is 22.3 Å². The molecule has 40 heavy (non-hydrogen) atoms. The molecule has 2 aliphatic rings. The van der Waals surface area contributed by atoms with Crippen LogP contribution in [0.5, 0.6) is 0 Å². The molecule has 0 amide bonds. The van der Waals surface area contributed by atoms with E-state index in [1.807, 2.05) is 49.1 Å². The van der Waals surface area contributed by atoms with E-state index in [1.54, 1.807) is 12.3 Å². The Hall–Kier alpha value is -3.10.